The fourth-order valence-corrected chi connectivity index (χ4v) is 4.88. The first-order valence-electron chi connectivity index (χ1n) is 10.2. The average molecular weight is 488 g/mol. The third-order valence-corrected chi connectivity index (χ3v) is 7.13. The number of aromatic nitrogens is 2. The zero-order valence-electron chi connectivity index (χ0n) is 17.7. The van der Waals surface area contributed by atoms with E-state index in [1.165, 1.54) is 10.4 Å². The predicted octanol–water partition coefficient (Wildman–Crippen LogP) is 5.55. The SMILES string of the molecule is Cc1sc2nc(C(C)C)nc(N3CCN(C(=O)Nc4ccc(Br)cc4)CC3)c2c1C. The summed E-state index contributed by atoms with van der Waals surface area (Å²) >= 11 is 5.16. The molecule has 1 fully saturated rings. The smallest absolute Gasteiger partial charge is 0.321 e. The van der Waals surface area contributed by atoms with Gasteiger partial charge in [-0.2, -0.15) is 0 Å². The van der Waals surface area contributed by atoms with Crippen molar-refractivity contribution in [3.63, 3.8) is 0 Å². The summed E-state index contributed by atoms with van der Waals surface area (Å²) in [6.45, 7) is 11.4. The fourth-order valence-electron chi connectivity index (χ4n) is 3.59. The number of hydrogen-bond donors (Lipinski definition) is 1. The van der Waals surface area contributed by atoms with Crippen molar-refractivity contribution in [2.75, 3.05) is 36.4 Å². The van der Waals surface area contributed by atoms with Gasteiger partial charge in [-0.15, -0.1) is 11.3 Å². The number of rotatable bonds is 3. The van der Waals surface area contributed by atoms with E-state index in [0.717, 1.165) is 45.1 Å². The molecule has 3 aromatic rings. The number of hydrogen-bond acceptors (Lipinski definition) is 5. The molecule has 3 heterocycles. The maximum atomic E-state index is 12.7. The lowest BCUT2D eigenvalue weighted by atomic mass is 10.1. The van der Waals surface area contributed by atoms with Gasteiger partial charge in [-0.3, -0.25) is 0 Å². The van der Waals surface area contributed by atoms with Crippen molar-refractivity contribution in [2.45, 2.75) is 33.6 Å². The monoisotopic (exact) mass is 487 g/mol. The van der Waals surface area contributed by atoms with Crippen LogP contribution in [0, 0.1) is 13.8 Å². The molecule has 0 spiro atoms. The van der Waals surface area contributed by atoms with E-state index < -0.39 is 0 Å². The van der Waals surface area contributed by atoms with Gasteiger partial charge in [-0.25, -0.2) is 14.8 Å². The number of benzene rings is 1. The number of halogens is 1. The van der Waals surface area contributed by atoms with Crippen molar-refractivity contribution in [1.82, 2.24) is 14.9 Å². The number of thiophene rings is 1. The van der Waals surface area contributed by atoms with Gasteiger partial charge in [0.2, 0.25) is 0 Å². The Hall–Kier alpha value is -2.19. The molecule has 158 valence electrons. The first-order valence-corrected chi connectivity index (χ1v) is 11.8. The number of carbonyl (C=O) groups excluding carboxylic acids is 1. The molecule has 30 heavy (non-hydrogen) atoms. The van der Waals surface area contributed by atoms with Crippen molar-refractivity contribution >= 4 is 55.0 Å². The Morgan fingerprint density at radius 1 is 1.10 bits per heavy atom. The summed E-state index contributed by atoms with van der Waals surface area (Å²) in [7, 11) is 0. The molecule has 2 amide bonds. The highest BCUT2D eigenvalue weighted by atomic mass is 79.9. The largest absolute Gasteiger partial charge is 0.352 e. The Bertz CT molecular complexity index is 1070. The van der Waals surface area contributed by atoms with Crippen LogP contribution in [0.3, 0.4) is 0 Å². The number of anilines is 2. The summed E-state index contributed by atoms with van der Waals surface area (Å²) in [6, 6.07) is 7.57. The Labute approximate surface area is 189 Å². The van der Waals surface area contributed by atoms with E-state index in [4.69, 9.17) is 9.97 Å². The first-order chi connectivity index (χ1) is 14.3. The van der Waals surface area contributed by atoms with Crippen molar-refractivity contribution in [3.05, 3.63) is 45.0 Å². The summed E-state index contributed by atoms with van der Waals surface area (Å²) in [4.78, 5) is 28.9. The van der Waals surface area contributed by atoms with E-state index in [-0.39, 0.29) is 11.9 Å². The molecule has 1 aliphatic rings. The lowest BCUT2D eigenvalue weighted by molar-refractivity contribution is 0.208. The van der Waals surface area contributed by atoms with Crippen LogP contribution in [0.5, 0.6) is 0 Å². The Morgan fingerprint density at radius 3 is 2.40 bits per heavy atom. The average Bonchev–Trinajstić information content (AvgIpc) is 3.03. The van der Waals surface area contributed by atoms with Gasteiger partial charge in [0, 0.05) is 47.1 Å². The van der Waals surface area contributed by atoms with Gasteiger partial charge in [-0.1, -0.05) is 29.8 Å². The van der Waals surface area contributed by atoms with Crippen LogP contribution < -0.4 is 10.2 Å². The number of nitrogens with zero attached hydrogens (tertiary/aromatic N) is 4. The van der Waals surface area contributed by atoms with Crippen LogP contribution in [-0.4, -0.2) is 47.1 Å². The number of urea groups is 1. The van der Waals surface area contributed by atoms with Gasteiger partial charge >= 0.3 is 6.03 Å². The second-order valence-electron chi connectivity index (χ2n) is 7.93. The number of piperazine rings is 1. The molecular formula is C22H26BrN5OS. The Morgan fingerprint density at radius 2 is 1.77 bits per heavy atom. The molecule has 1 saturated heterocycles. The van der Waals surface area contributed by atoms with Gasteiger partial charge in [0.15, 0.2) is 0 Å². The van der Waals surface area contributed by atoms with Crippen LogP contribution in [0.25, 0.3) is 10.2 Å². The molecular weight excluding hydrogens is 462 g/mol. The summed E-state index contributed by atoms with van der Waals surface area (Å²) in [5.41, 5.74) is 2.06. The van der Waals surface area contributed by atoms with E-state index in [0.29, 0.717) is 13.1 Å². The lowest BCUT2D eigenvalue weighted by Gasteiger charge is -2.36. The van der Waals surface area contributed by atoms with Crippen LogP contribution in [0.1, 0.15) is 36.0 Å². The van der Waals surface area contributed by atoms with Crippen molar-refractivity contribution in [3.8, 4) is 0 Å². The molecule has 0 unspecified atom stereocenters. The topological polar surface area (TPSA) is 61.4 Å². The van der Waals surface area contributed by atoms with Gasteiger partial charge < -0.3 is 15.1 Å². The second kappa shape index (κ2) is 8.51. The molecule has 0 atom stereocenters. The van der Waals surface area contributed by atoms with Crippen LogP contribution >= 0.6 is 27.3 Å². The zero-order valence-corrected chi connectivity index (χ0v) is 20.1. The Kier molecular flexibility index (Phi) is 5.97. The van der Waals surface area contributed by atoms with E-state index in [9.17, 15) is 4.79 Å². The normalized spacial score (nSPS) is 14.6. The maximum Gasteiger partial charge on any atom is 0.321 e. The third kappa shape index (κ3) is 4.16. The maximum absolute atomic E-state index is 12.7. The zero-order chi connectivity index (χ0) is 21.4. The standard InChI is InChI=1S/C22H26BrN5OS/c1-13(2)19-25-20(18-14(3)15(4)30-21(18)26-19)27-9-11-28(12-10-27)22(29)24-17-7-5-16(23)6-8-17/h5-8,13H,9-12H2,1-4H3,(H,24,29). The molecule has 0 bridgehead atoms. The van der Waals surface area contributed by atoms with Crippen molar-refractivity contribution in [2.24, 2.45) is 0 Å². The van der Waals surface area contributed by atoms with Gasteiger partial charge in [0.25, 0.3) is 0 Å². The quantitative estimate of drug-likeness (QED) is 0.525. The fraction of sp³-hybridized carbons (Fsp3) is 0.409. The number of fused-ring (bicyclic) bond motifs is 1. The van der Waals surface area contributed by atoms with E-state index in [2.05, 4.69) is 53.8 Å². The lowest BCUT2D eigenvalue weighted by Crippen LogP contribution is -2.50. The Balaban J connectivity index is 1.51. The molecule has 1 N–H and O–H groups in total. The van der Waals surface area contributed by atoms with Crippen LogP contribution in [-0.2, 0) is 0 Å². The summed E-state index contributed by atoms with van der Waals surface area (Å²) in [6.07, 6.45) is 0. The number of amides is 2. The third-order valence-electron chi connectivity index (χ3n) is 5.51. The molecule has 0 radical (unpaired) electrons. The van der Waals surface area contributed by atoms with Crippen molar-refractivity contribution in [1.29, 1.82) is 0 Å². The first kappa shape index (κ1) is 21.1. The second-order valence-corrected chi connectivity index (χ2v) is 10.1. The number of nitrogens with one attached hydrogen (secondary N) is 1. The van der Waals surface area contributed by atoms with Gasteiger partial charge in [0.1, 0.15) is 16.5 Å². The van der Waals surface area contributed by atoms with Crippen LogP contribution in [0.4, 0.5) is 16.3 Å². The molecule has 6 nitrogen and oxygen atoms in total. The molecule has 8 heteroatoms. The molecule has 2 aromatic heterocycles. The predicted molar refractivity (Wildman–Crippen MR) is 128 cm³/mol. The minimum absolute atomic E-state index is 0.0600. The molecule has 1 aliphatic heterocycles. The minimum Gasteiger partial charge on any atom is -0.352 e. The summed E-state index contributed by atoms with van der Waals surface area (Å²) in [5.74, 6) is 2.17. The highest BCUT2D eigenvalue weighted by Gasteiger charge is 2.26. The summed E-state index contributed by atoms with van der Waals surface area (Å²) < 4.78 is 0.991. The minimum atomic E-state index is -0.0600. The highest BCUT2D eigenvalue weighted by molar-refractivity contribution is 9.10. The highest BCUT2D eigenvalue weighted by Crippen LogP contribution is 2.36. The van der Waals surface area contributed by atoms with E-state index >= 15 is 0 Å². The summed E-state index contributed by atoms with van der Waals surface area (Å²) in [5, 5.41) is 4.14. The van der Waals surface area contributed by atoms with Gasteiger partial charge in [0.05, 0.1) is 5.39 Å². The van der Waals surface area contributed by atoms with E-state index in [1.54, 1.807) is 11.3 Å². The van der Waals surface area contributed by atoms with Crippen LogP contribution in [0.15, 0.2) is 28.7 Å². The van der Waals surface area contributed by atoms with Gasteiger partial charge in [-0.05, 0) is 43.7 Å². The number of aryl methyl sites for hydroxylation is 2. The molecule has 0 saturated carbocycles. The van der Waals surface area contributed by atoms with Crippen molar-refractivity contribution < 1.29 is 4.79 Å². The van der Waals surface area contributed by atoms with E-state index in [1.807, 2.05) is 29.2 Å². The molecule has 1 aromatic carbocycles. The van der Waals surface area contributed by atoms with Crippen LogP contribution in [0.2, 0.25) is 0 Å². The number of carbonyl (C=O) groups is 1. The molecule has 0 aliphatic carbocycles. The molecule has 4 rings (SSSR count).